The largest absolute Gasteiger partial charge is 0.543 e. The highest BCUT2D eigenvalue weighted by atomic mass is 28.4. The van der Waals surface area contributed by atoms with Crippen LogP contribution in [-0.4, -0.2) is 88.8 Å². The zero-order valence-corrected chi connectivity index (χ0v) is 42.5. The van der Waals surface area contributed by atoms with Crippen LogP contribution in [0.15, 0.2) is 30.3 Å². The van der Waals surface area contributed by atoms with E-state index in [1.807, 2.05) is 22.9 Å². The Morgan fingerprint density at radius 3 is 2.03 bits per heavy atom. The summed E-state index contributed by atoms with van der Waals surface area (Å²) in [6, 6.07) is 8.15. The molecule has 0 saturated carbocycles. The molecule has 4 aromatic rings. The van der Waals surface area contributed by atoms with Gasteiger partial charge < -0.3 is 24.3 Å². The fraction of sp³-hybridized carbons (Fsp3) is 0.608. The van der Waals surface area contributed by atoms with Crippen molar-refractivity contribution in [2.45, 2.75) is 160 Å². The summed E-state index contributed by atoms with van der Waals surface area (Å²) in [7, 11) is -3.10. The molecule has 7 rings (SSSR count). The molecule has 64 heavy (non-hydrogen) atoms. The van der Waals surface area contributed by atoms with Crippen LogP contribution >= 0.6 is 0 Å². The van der Waals surface area contributed by atoms with Gasteiger partial charge in [-0.05, 0) is 102 Å². The number of fused-ring (bicyclic) bond motifs is 4. The minimum atomic E-state index is -2.59. The first-order chi connectivity index (χ1) is 30.1. The molecule has 1 aromatic heterocycles. The van der Waals surface area contributed by atoms with E-state index < -0.39 is 39.5 Å². The van der Waals surface area contributed by atoms with E-state index in [1.54, 1.807) is 12.1 Å². The molecule has 0 spiro atoms. The second kappa shape index (κ2) is 18.5. The maximum atomic E-state index is 18.1. The number of alkyl halides is 1. The number of anilines is 1. The van der Waals surface area contributed by atoms with Gasteiger partial charge in [0.1, 0.15) is 43.4 Å². The number of piperidine rings is 1. The molecule has 1 N–H and O–H groups in total. The third kappa shape index (κ3) is 8.82. The van der Waals surface area contributed by atoms with Crippen LogP contribution in [0.3, 0.4) is 0 Å². The normalized spacial score (nSPS) is 21.1. The summed E-state index contributed by atoms with van der Waals surface area (Å²) in [6.07, 6.45) is 2.96. The summed E-state index contributed by atoms with van der Waals surface area (Å²) in [5.74, 6) is 1.81. The minimum Gasteiger partial charge on any atom is -0.543 e. The minimum absolute atomic E-state index is 0.103. The van der Waals surface area contributed by atoms with Crippen molar-refractivity contribution in [1.29, 1.82) is 0 Å². The molecule has 4 heterocycles. The fourth-order valence-electron chi connectivity index (χ4n) is 12.3. The number of ether oxygens (including phenoxy) is 1. The zero-order valence-electron chi connectivity index (χ0n) is 40.5. The van der Waals surface area contributed by atoms with Gasteiger partial charge in [-0.25, -0.2) is 17.6 Å². The maximum absolute atomic E-state index is 18.1. The highest BCUT2D eigenvalue weighted by Gasteiger charge is 2.47. The smallest absolute Gasteiger partial charge is 0.319 e. The van der Waals surface area contributed by atoms with Crippen LogP contribution in [0.1, 0.15) is 114 Å². The SMILES string of the molecule is CC(C)[Si](C#Cc1c(F)ccc2cc(O[Si](C(C)C)(C(C)C)C(C)C)cc(-c3c(F)cc4c(N5C[C@H]6CC[C@@H](C5)N6)nc(OCC5(F)CCCN(C)C5)nc4c3F)c12)(C(C)C)C(C)C. The lowest BCUT2D eigenvalue weighted by Gasteiger charge is -2.42. The first-order valence-electron chi connectivity index (χ1n) is 23.8. The first kappa shape index (κ1) is 48.2. The Bertz CT molecular complexity index is 2380. The van der Waals surface area contributed by atoms with Gasteiger partial charge >= 0.3 is 6.01 Å². The highest BCUT2D eigenvalue weighted by Crippen LogP contribution is 2.47. The number of aromatic nitrogens is 2. The Morgan fingerprint density at radius 2 is 1.45 bits per heavy atom. The molecule has 0 amide bonds. The molecule has 3 aliphatic heterocycles. The number of likely N-dealkylation sites (tertiary alicyclic amines) is 1. The third-order valence-corrected chi connectivity index (χ3v) is 27.4. The van der Waals surface area contributed by atoms with Crippen molar-refractivity contribution in [3.8, 4) is 34.4 Å². The summed E-state index contributed by atoms with van der Waals surface area (Å²) in [5, 5.41) is 4.69. The Kier molecular flexibility index (Phi) is 14.0. The van der Waals surface area contributed by atoms with E-state index in [9.17, 15) is 0 Å². The quantitative estimate of drug-likeness (QED) is 0.0814. The van der Waals surface area contributed by atoms with Gasteiger partial charge in [0.05, 0.1) is 11.1 Å². The highest BCUT2D eigenvalue weighted by molar-refractivity contribution is 6.90. The third-order valence-electron chi connectivity index (χ3n) is 15.1. The Balaban J connectivity index is 1.51. The lowest BCUT2D eigenvalue weighted by Crippen LogP contribution is -2.51. The number of rotatable bonds is 13. The molecule has 7 nitrogen and oxygen atoms in total. The number of nitrogens with one attached hydrogen (secondary N) is 1. The molecular formula is C51H71F4N5O2Si2. The second-order valence-corrected chi connectivity index (χ2v) is 32.1. The van der Waals surface area contributed by atoms with Crippen molar-refractivity contribution in [3.63, 3.8) is 0 Å². The van der Waals surface area contributed by atoms with Crippen molar-refractivity contribution in [1.82, 2.24) is 20.2 Å². The van der Waals surface area contributed by atoms with Crippen LogP contribution in [0.2, 0.25) is 33.2 Å². The summed E-state index contributed by atoms with van der Waals surface area (Å²) in [6.45, 7) is 28.1. The van der Waals surface area contributed by atoms with E-state index in [4.69, 9.17) is 14.1 Å². The molecule has 2 bridgehead atoms. The van der Waals surface area contributed by atoms with E-state index in [0.29, 0.717) is 48.3 Å². The topological polar surface area (TPSA) is 62.8 Å². The van der Waals surface area contributed by atoms with Crippen LogP contribution in [0.25, 0.3) is 32.8 Å². The van der Waals surface area contributed by atoms with Gasteiger partial charge in [-0.3, -0.25) is 0 Å². The standard InChI is InChI=1S/C51H71F4N5O2Si2/c1-30(2)63(31(3)4,32(5)6)22-19-40-43(52)18-15-36-23-39(62-64(33(7)8,34(9)10)35(11)12)24-41(45(36)40)46-44(53)25-42-48(47(46)54)57-50(61-29-51(55)20-14-21-59(13)28-51)58-49(42)60-26-37-16-17-38(27-60)56-37/h15,18,23-25,30-35,37-38,56H,14,16-17,20-21,26-29H2,1-13H3/t37-,38+,51?. The molecule has 13 heteroatoms. The molecule has 0 aliphatic carbocycles. The van der Waals surface area contributed by atoms with Crippen molar-refractivity contribution in [3.05, 3.63) is 53.3 Å². The average molecular weight is 918 g/mol. The summed E-state index contributed by atoms with van der Waals surface area (Å²) in [4.78, 5) is 13.4. The number of halogens is 4. The predicted octanol–water partition coefficient (Wildman–Crippen LogP) is 12.7. The molecule has 0 radical (unpaired) electrons. The lowest BCUT2D eigenvalue weighted by molar-refractivity contribution is 0.0136. The summed E-state index contributed by atoms with van der Waals surface area (Å²) >= 11 is 0. The molecule has 3 fully saturated rings. The average Bonchev–Trinajstić information content (AvgIpc) is 3.55. The van der Waals surface area contributed by atoms with Crippen molar-refractivity contribution in [2.24, 2.45) is 0 Å². The number of hydrogen-bond donors (Lipinski definition) is 1. The molecule has 3 aromatic carbocycles. The Morgan fingerprint density at radius 1 is 0.828 bits per heavy atom. The number of nitrogens with zero attached hydrogens (tertiary/aromatic N) is 4. The van der Waals surface area contributed by atoms with Gasteiger partial charge in [-0.1, -0.05) is 95.1 Å². The van der Waals surface area contributed by atoms with E-state index in [0.717, 1.165) is 19.4 Å². The molecular weight excluding hydrogens is 847 g/mol. The van der Waals surface area contributed by atoms with Crippen LogP contribution in [0.5, 0.6) is 11.8 Å². The Hall–Kier alpha value is -3.71. The summed E-state index contributed by atoms with van der Waals surface area (Å²) in [5.41, 5.74) is 3.21. The summed E-state index contributed by atoms with van der Waals surface area (Å²) < 4.78 is 81.7. The zero-order chi connectivity index (χ0) is 46.6. The van der Waals surface area contributed by atoms with Crippen LogP contribution < -0.4 is 19.4 Å². The van der Waals surface area contributed by atoms with Gasteiger partial charge in [0, 0.05) is 48.1 Å². The fourth-order valence-corrected chi connectivity index (χ4v) is 22.7. The molecule has 3 atom stereocenters. The first-order valence-corrected chi connectivity index (χ1v) is 28.2. The lowest BCUT2D eigenvalue weighted by atomic mass is 9.92. The van der Waals surface area contributed by atoms with E-state index in [-0.39, 0.29) is 92.1 Å². The second-order valence-electron chi connectivity index (χ2n) is 21.2. The van der Waals surface area contributed by atoms with E-state index in [2.05, 4.69) is 105 Å². The number of piperazine rings is 1. The van der Waals surface area contributed by atoms with Crippen molar-refractivity contribution < 1.29 is 26.7 Å². The van der Waals surface area contributed by atoms with E-state index in [1.165, 1.54) is 12.1 Å². The van der Waals surface area contributed by atoms with Crippen LogP contribution in [0, 0.1) is 28.9 Å². The van der Waals surface area contributed by atoms with Gasteiger partial charge in [0.15, 0.2) is 11.5 Å². The van der Waals surface area contributed by atoms with Gasteiger partial charge in [-0.15, -0.1) is 5.54 Å². The van der Waals surface area contributed by atoms with Gasteiger partial charge in [-0.2, -0.15) is 9.97 Å². The monoisotopic (exact) mass is 918 g/mol. The van der Waals surface area contributed by atoms with E-state index >= 15 is 17.6 Å². The molecule has 1 unspecified atom stereocenters. The molecule has 3 saturated heterocycles. The molecule has 3 aliphatic rings. The van der Waals surface area contributed by atoms with Crippen LogP contribution in [0.4, 0.5) is 23.4 Å². The van der Waals surface area contributed by atoms with Crippen LogP contribution in [-0.2, 0) is 0 Å². The number of benzene rings is 3. The Labute approximate surface area is 381 Å². The molecule has 348 valence electrons. The maximum Gasteiger partial charge on any atom is 0.319 e. The van der Waals surface area contributed by atoms with Gasteiger partial charge in [0.2, 0.25) is 0 Å². The predicted molar refractivity (Wildman–Crippen MR) is 260 cm³/mol. The van der Waals surface area contributed by atoms with Crippen molar-refractivity contribution >= 4 is 43.9 Å². The van der Waals surface area contributed by atoms with Gasteiger partial charge in [0.25, 0.3) is 8.32 Å². The number of hydrogen-bond acceptors (Lipinski definition) is 7. The van der Waals surface area contributed by atoms with Crippen molar-refractivity contribution in [2.75, 3.05) is 44.7 Å².